The second-order valence-electron chi connectivity index (χ2n) is 5.66. The number of ether oxygens (including phenoxy) is 1. The lowest BCUT2D eigenvalue weighted by Gasteiger charge is -2.37. The second-order valence-corrected chi connectivity index (χ2v) is 7.61. The van der Waals surface area contributed by atoms with E-state index in [9.17, 15) is 21.6 Å². The summed E-state index contributed by atoms with van der Waals surface area (Å²) in [5.41, 5.74) is -2.14. The average molecular weight is 357 g/mol. The molecule has 0 aromatic heterocycles. The molecule has 0 spiro atoms. The summed E-state index contributed by atoms with van der Waals surface area (Å²) in [4.78, 5) is 0.0981. The normalized spacial score (nSPS) is 20.7. The van der Waals surface area contributed by atoms with Crippen LogP contribution >= 0.6 is 0 Å². The van der Waals surface area contributed by atoms with Crippen molar-refractivity contribution in [3.8, 4) is 5.75 Å². The summed E-state index contributed by atoms with van der Waals surface area (Å²) >= 11 is 0. The first-order valence-corrected chi connectivity index (χ1v) is 8.56. The van der Waals surface area contributed by atoms with Crippen molar-refractivity contribution < 1.29 is 26.3 Å². The van der Waals surface area contributed by atoms with Crippen molar-refractivity contribution in [2.75, 3.05) is 11.9 Å². The molecule has 1 unspecified atom stereocenters. The van der Waals surface area contributed by atoms with Crippen molar-refractivity contribution in [1.29, 1.82) is 0 Å². The van der Waals surface area contributed by atoms with Crippen molar-refractivity contribution in [2.45, 2.75) is 28.5 Å². The summed E-state index contributed by atoms with van der Waals surface area (Å²) in [6.07, 6.45) is -4.55. The Hall–Kier alpha value is -2.22. The fourth-order valence-corrected chi connectivity index (χ4v) is 3.65. The van der Waals surface area contributed by atoms with Gasteiger partial charge in [-0.05, 0) is 37.3 Å². The van der Waals surface area contributed by atoms with Gasteiger partial charge in [-0.1, -0.05) is 18.2 Å². The van der Waals surface area contributed by atoms with Crippen molar-refractivity contribution in [3.63, 3.8) is 0 Å². The summed E-state index contributed by atoms with van der Waals surface area (Å²) in [7, 11) is -3.75. The Bertz CT molecular complexity index is 866. The Kier molecular flexibility index (Phi) is 3.75. The van der Waals surface area contributed by atoms with Crippen LogP contribution in [0.1, 0.15) is 6.92 Å². The van der Waals surface area contributed by atoms with Crippen LogP contribution in [-0.2, 0) is 9.84 Å². The highest BCUT2D eigenvalue weighted by molar-refractivity contribution is 7.91. The Morgan fingerprint density at radius 2 is 1.75 bits per heavy atom. The fraction of sp³-hybridized carbons (Fsp3) is 0.250. The monoisotopic (exact) mass is 357 g/mol. The number of benzene rings is 2. The molecule has 1 N–H and O–H groups in total. The van der Waals surface area contributed by atoms with E-state index in [-0.39, 0.29) is 21.2 Å². The third-order valence-electron chi connectivity index (χ3n) is 3.87. The quantitative estimate of drug-likeness (QED) is 0.892. The molecular weight excluding hydrogens is 343 g/mol. The van der Waals surface area contributed by atoms with Crippen LogP contribution in [0.3, 0.4) is 0 Å². The zero-order valence-corrected chi connectivity index (χ0v) is 13.4. The van der Waals surface area contributed by atoms with Gasteiger partial charge in [-0.2, -0.15) is 13.2 Å². The van der Waals surface area contributed by atoms with Crippen LogP contribution in [0.2, 0.25) is 0 Å². The van der Waals surface area contributed by atoms with E-state index in [4.69, 9.17) is 4.74 Å². The topological polar surface area (TPSA) is 55.4 Å². The minimum Gasteiger partial charge on any atom is -0.474 e. The number of anilines is 1. The second kappa shape index (κ2) is 5.41. The van der Waals surface area contributed by atoms with E-state index in [0.29, 0.717) is 0 Å². The fourth-order valence-electron chi connectivity index (χ4n) is 2.34. The zero-order chi connectivity index (χ0) is 17.6. The van der Waals surface area contributed by atoms with E-state index >= 15 is 0 Å². The summed E-state index contributed by atoms with van der Waals surface area (Å²) in [6.45, 7) is 0.440. The molecule has 1 aliphatic rings. The smallest absolute Gasteiger partial charge is 0.429 e. The van der Waals surface area contributed by atoms with Gasteiger partial charge in [0.2, 0.25) is 15.4 Å². The molecule has 1 aliphatic heterocycles. The molecule has 0 saturated carbocycles. The summed E-state index contributed by atoms with van der Waals surface area (Å²) in [5.74, 6) is -0.0342. The first kappa shape index (κ1) is 16.6. The Labute approximate surface area is 137 Å². The van der Waals surface area contributed by atoms with Crippen LogP contribution in [0.5, 0.6) is 5.75 Å². The van der Waals surface area contributed by atoms with Crippen LogP contribution < -0.4 is 10.1 Å². The average Bonchev–Trinajstić information content (AvgIpc) is 2.54. The van der Waals surface area contributed by atoms with Crippen molar-refractivity contribution in [2.24, 2.45) is 0 Å². The molecule has 24 heavy (non-hydrogen) atoms. The van der Waals surface area contributed by atoms with Gasteiger partial charge in [0.05, 0.1) is 22.0 Å². The Morgan fingerprint density at radius 3 is 2.38 bits per heavy atom. The molecule has 0 aliphatic carbocycles. The van der Waals surface area contributed by atoms with E-state index in [1.54, 1.807) is 18.2 Å². The van der Waals surface area contributed by atoms with E-state index < -0.39 is 28.2 Å². The maximum absolute atomic E-state index is 13.0. The summed E-state index contributed by atoms with van der Waals surface area (Å²) < 4.78 is 69.3. The van der Waals surface area contributed by atoms with Crippen LogP contribution in [0.15, 0.2) is 58.3 Å². The van der Waals surface area contributed by atoms with E-state index in [1.807, 2.05) is 0 Å². The Morgan fingerprint density at radius 1 is 1.08 bits per heavy atom. The van der Waals surface area contributed by atoms with Crippen LogP contribution in [-0.4, -0.2) is 26.7 Å². The van der Waals surface area contributed by atoms with Crippen molar-refractivity contribution in [3.05, 3.63) is 48.5 Å². The van der Waals surface area contributed by atoms with Gasteiger partial charge in [0.15, 0.2) is 0 Å². The predicted octanol–water partition coefficient (Wildman–Crippen LogP) is 3.64. The van der Waals surface area contributed by atoms with Crippen LogP contribution in [0.4, 0.5) is 18.9 Å². The molecule has 2 aromatic carbocycles. The first-order chi connectivity index (χ1) is 11.1. The molecule has 0 bridgehead atoms. The van der Waals surface area contributed by atoms with Gasteiger partial charge in [-0.15, -0.1) is 0 Å². The highest BCUT2D eigenvalue weighted by atomic mass is 32.2. The molecule has 128 valence electrons. The number of hydrogen-bond acceptors (Lipinski definition) is 4. The largest absolute Gasteiger partial charge is 0.474 e. The molecule has 4 nitrogen and oxygen atoms in total. The SMILES string of the molecule is CC1(C(F)(F)F)CNc2cc(S(=O)(=O)c3ccccc3)ccc2O1. The number of sulfone groups is 1. The first-order valence-electron chi connectivity index (χ1n) is 7.07. The molecule has 0 saturated heterocycles. The van der Waals surface area contributed by atoms with E-state index in [1.165, 1.54) is 30.3 Å². The Balaban J connectivity index is 1.98. The highest BCUT2D eigenvalue weighted by Crippen LogP contribution is 2.42. The lowest BCUT2D eigenvalue weighted by molar-refractivity contribution is -0.237. The third-order valence-corrected chi connectivity index (χ3v) is 5.63. The molecule has 3 rings (SSSR count). The van der Waals surface area contributed by atoms with Crippen molar-refractivity contribution >= 4 is 15.5 Å². The standard InChI is InChI=1S/C16H14F3NO3S/c1-15(16(17,18)19)10-20-13-9-12(7-8-14(13)23-15)24(21,22)11-5-3-2-4-6-11/h2-9,20H,10H2,1H3. The lowest BCUT2D eigenvalue weighted by Crippen LogP contribution is -2.54. The molecule has 0 radical (unpaired) electrons. The van der Waals surface area contributed by atoms with Gasteiger partial charge < -0.3 is 10.1 Å². The summed E-state index contributed by atoms with van der Waals surface area (Å²) in [6, 6.07) is 11.6. The number of rotatable bonds is 2. The van der Waals surface area contributed by atoms with Gasteiger partial charge >= 0.3 is 6.18 Å². The summed E-state index contributed by atoms with van der Waals surface area (Å²) in [5, 5.41) is 2.61. The zero-order valence-electron chi connectivity index (χ0n) is 12.6. The van der Waals surface area contributed by atoms with Gasteiger partial charge in [-0.25, -0.2) is 8.42 Å². The van der Waals surface area contributed by atoms with Gasteiger partial charge in [0.25, 0.3) is 0 Å². The third kappa shape index (κ3) is 2.71. The molecule has 1 atom stereocenters. The molecule has 8 heteroatoms. The number of halogens is 3. The van der Waals surface area contributed by atoms with Gasteiger partial charge in [0.1, 0.15) is 5.75 Å². The van der Waals surface area contributed by atoms with Gasteiger partial charge in [0, 0.05) is 0 Å². The molecular formula is C16H14F3NO3S. The number of nitrogens with one attached hydrogen (secondary N) is 1. The number of fused-ring (bicyclic) bond motifs is 1. The van der Waals surface area contributed by atoms with Crippen LogP contribution in [0, 0.1) is 0 Å². The van der Waals surface area contributed by atoms with Crippen LogP contribution in [0.25, 0.3) is 0 Å². The van der Waals surface area contributed by atoms with E-state index in [2.05, 4.69) is 5.32 Å². The maximum Gasteiger partial charge on any atom is 0.429 e. The maximum atomic E-state index is 13.0. The molecule has 2 aromatic rings. The minimum atomic E-state index is -4.55. The lowest BCUT2D eigenvalue weighted by atomic mass is 10.0. The van der Waals surface area contributed by atoms with Crippen molar-refractivity contribution in [1.82, 2.24) is 0 Å². The number of hydrogen-bond donors (Lipinski definition) is 1. The molecule has 1 heterocycles. The van der Waals surface area contributed by atoms with E-state index in [0.717, 1.165) is 6.92 Å². The highest BCUT2D eigenvalue weighted by Gasteiger charge is 2.55. The number of alkyl halides is 3. The molecule has 0 amide bonds. The minimum absolute atomic E-state index is 0.0147. The van der Waals surface area contributed by atoms with Gasteiger partial charge in [-0.3, -0.25) is 0 Å². The predicted molar refractivity (Wildman–Crippen MR) is 81.9 cm³/mol. The molecule has 0 fully saturated rings.